The molecule has 1 aliphatic heterocycles. The van der Waals surface area contributed by atoms with Gasteiger partial charge in [-0.2, -0.15) is 9.57 Å². The van der Waals surface area contributed by atoms with E-state index in [4.69, 9.17) is 0 Å². The van der Waals surface area contributed by atoms with Crippen LogP contribution in [-0.4, -0.2) is 31.7 Å². The van der Waals surface area contributed by atoms with Crippen LogP contribution in [0.4, 0.5) is 5.00 Å². The highest BCUT2D eigenvalue weighted by Crippen LogP contribution is 2.34. The lowest BCUT2D eigenvalue weighted by Gasteiger charge is -2.31. The summed E-state index contributed by atoms with van der Waals surface area (Å²) in [6.45, 7) is 12.0. The average Bonchev–Trinajstić information content (AvgIpc) is 2.99. The first-order chi connectivity index (χ1) is 14.5. The van der Waals surface area contributed by atoms with Crippen LogP contribution in [0.25, 0.3) is 0 Å². The van der Waals surface area contributed by atoms with Gasteiger partial charge in [-0.15, -0.1) is 11.3 Å². The standard InChI is InChI=1S/C23H29N3O3S2/c1-13-11-14(2)16(4)21(15(13)3)31(28,29)26-9-7-19(8-10-26)22(27)25-23-20(12-24)17(5)18(6)30-23/h11,19H,7-10H2,1-6H3,(H,25,27). The minimum absolute atomic E-state index is 0.145. The fourth-order valence-corrected chi connectivity index (χ4v) is 7.18. The first kappa shape index (κ1) is 23.5. The van der Waals surface area contributed by atoms with E-state index in [1.807, 2.05) is 47.6 Å². The molecular weight excluding hydrogens is 430 g/mol. The van der Waals surface area contributed by atoms with Gasteiger partial charge in [-0.25, -0.2) is 8.42 Å². The minimum atomic E-state index is -3.63. The fourth-order valence-electron chi connectivity index (χ4n) is 4.12. The van der Waals surface area contributed by atoms with Crippen molar-refractivity contribution < 1.29 is 13.2 Å². The third-order valence-electron chi connectivity index (χ3n) is 6.45. The summed E-state index contributed by atoms with van der Waals surface area (Å²) in [5.41, 5.74) is 4.90. The minimum Gasteiger partial charge on any atom is -0.316 e. The van der Waals surface area contributed by atoms with Gasteiger partial charge in [0.25, 0.3) is 0 Å². The van der Waals surface area contributed by atoms with E-state index < -0.39 is 10.0 Å². The number of hydrogen-bond donors (Lipinski definition) is 1. The van der Waals surface area contributed by atoms with Crippen LogP contribution in [0.2, 0.25) is 0 Å². The van der Waals surface area contributed by atoms with E-state index >= 15 is 0 Å². The second-order valence-corrected chi connectivity index (χ2v) is 11.5. The van der Waals surface area contributed by atoms with Crippen molar-refractivity contribution in [3.63, 3.8) is 0 Å². The summed E-state index contributed by atoms with van der Waals surface area (Å²) in [7, 11) is -3.63. The quantitative estimate of drug-likeness (QED) is 0.728. The fraction of sp³-hybridized carbons (Fsp3) is 0.478. The number of nitriles is 1. The lowest BCUT2D eigenvalue weighted by atomic mass is 9.97. The molecule has 2 heterocycles. The van der Waals surface area contributed by atoms with E-state index in [1.54, 1.807) is 0 Å². The van der Waals surface area contributed by atoms with Crippen molar-refractivity contribution in [2.24, 2.45) is 5.92 Å². The van der Waals surface area contributed by atoms with Crippen LogP contribution in [-0.2, 0) is 14.8 Å². The molecule has 1 saturated heterocycles. The summed E-state index contributed by atoms with van der Waals surface area (Å²) in [4.78, 5) is 14.2. The van der Waals surface area contributed by atoms with Crippen LogP contribution < -0.4 is 5.32 Å². The highest BCUT2D eigenvalue weighted by Gasteiger charge is 2.34. The number of sulfonamides is 1. The van der Waals surface area contributed by atoms with E-state index in [2.05, 4.69) is 11.4 Å². The zero-order valence-electron chi connectivity index (χ0n) is 18.9. The Hall–Kier alpha value is -2.21. The number of anilines is 1. The van der Waals surface area contributed by atoms with Crippen LogP contribution in [0, 0.1) is 58.8 Å². The van der Waals surface area contributed by atoms with Crippen molar-refractivity contribution in [3.8, 4) is 6.07 Å². The summed E-state index contributed by atoms with van der Waals surface area (Å²) in [6, 6.07) is 4.18. The molecular formula is C23H29N3O3S2. The van der Waals surface area contributed by atoms with Gasteiger partial charge in [-0.1, -0.05) is 6.07 Å². The van der Waals surface area contributed by atoms with Crippen LogP contribution in [0.3, 0.4) is 0 Å². The number of carbonyl (C=O) groups excluding carboxylic acids is 1. The van der Waals surface area contributed by atoms with E-state index in [0.717, 1.165) is 32.7 Å². The van der Waals surface area contributed by atoms with Gasteiger partial charge in [-0.3, -0.25) is 4.79 Å². The van der Waals surface area contributed by atoms with Crippen molar-refractivity contribution >= 4 is 32.3 Å². The monoisotopic (exact) mass is 459 g/mol. The second-order valence-electron chi connectivity index (χ2n) is 8.36. The highest BCUT2D eigenvalue weighted by atomic mass is 32.2. The van der Waals surface area contributed by atoms with Gasteiger partial charge in [0, 0.05) is 23.9 Å². The Balaban J connectivity index is 1.75. The van der Waals surface area contributed by atoms with E-state index in [-0.39, 0.29) is 11.8 Å². The molecule has 1 amide bonds. The van der Waals surface area contributed by atoms with Crippen LogP contribution in [0.15, 0.2) is 11.0 Å². The molecule has 0 spiro atoms. The molecule has 1 aromatic carbocycles. The summed E-state index contributed by atoms with van der Waals surface area (Å²) in [5.74, 6) is -0.421. The first-order valence-corrected chi connectivity index (χ1v) is 12.6. The third-order valence-corrected chi connectivity index (χ3v) is 9.75. The molecule has 0 unspecified atom stereocenters. The van der Waals surface area contributed by atoms with E-state index in [1.165, 1.54) is 15.6 Å². The van der Waals surface area contributed by atoms with Gasteiger partial charge in [0.1, 0.15) is 11.1 Å². The molecule has 0 bridgehead atoms. The Bertz CT molecular complexity index is 1160. The predicted octanol–water partition coefficient (Wildman–Crippen LogP) is 4.51. The van der Waals surface area contributed by atoms with Crippen molar-refractivity contribution in [1.29, 1.82) is 5.26 Å². The van der Waals surface area contributed by atoms with Gasteiger partial charge in [-0.05, 0) is 82.2 Å². The molecule has 31 heavy (non-hydrogen) atoms. The van der Waals surface area contributed by atoms with Gasteiger partial charge >= 0.3 is 0 Å². The van der Waals surface area contributed by atoms with Crippen LogP contribution >= 0.6 is 11.3 Å². The third kappa shape index (κ3) is 4.27. The summed E-state index contributed by atoms with van der Waals surface area (Å²) in [6.07, 6.45) is 0.915. The Labute approximate surface area is 188 Å². The SMILES string of the molecule is Cc1cc(C)c(C)c(S(=O)(=O)N2CCC(C(=O)Nc3sc(C)c(C)c3C#N)CC2)c1C. The van der Waals surface area contributed by atoms with Crippen LogP contribution in [0.5, 0.6) is 0 Å². The molecule has 3 rings (SSSR count). The first-order valence-electron chi connectivity index (χ1n) is 10.4. The average molecular weight is 460 g/mol. The normalized spacial score (nSPS) is 15.6. The van der Waals surface area contributed by atoms with Crippen molar-refractivity contribution in [1.82, 2.24) is 4.31 Å². The van der Waals surface area contributed by atoms with Crippen LogP contribution in [0.1, 0.15) is 51.1 Å². The molecule has 1 aromatic heterocycles. The van der Waals surface area contributed by atoms with E-state index in [0.29, 0.717) is 41.4 Å². The number of piperidine rings is 1. The number of carbonyl (C=O) groups is 1. The second kappa shape index (κ2) is 8.73. The molecule has 166 valence electrons. The van der Waals surface area contributed by atoms with Gasteiger partial charge in [0.2, 0.25) is 15.9 Å². The maximum atomic E-state index is 13.4. The molecule has 1 fully saturated rings. The Kier molecular flexibility index (Phi) is 6.61. The molecule has 0 aliphatic carbocycles. The number of benzene rings is 1. The van der Waals surface area contributed by atoms with Crippen molar-refractivity contribution in [2.75, 3.05) is 18.4 Å². The molecule has 2 aromatic rings. The van der Waals surface area contributed by atoms with Crippen molar-refractivity contribution in [2.45, 2.75) is 59.3 Å². The highest BCUT2D eigenvalue weighted by molar-refractivity contribution is 7.89. The predicted molar refractivity (Wildman–Crippen MR) is 124 cm³/mol. The molecule has 8 heteroatoms. The Morgan fingerprint density at radius 2 is 1.61 bits per heavy atom. The molecule has 1 N–H and O–H groups in total. The van der Waals surface area contributed by atoms with Crippen molar-refractivity contribution in [3.05, 3.63) is 44.3 Å². The number of nitrogens with one attached hydrogen (secondary N) is 1. The Morgan fingerprint density at radius 1 is 1.06 bits per heavy atom. The zero-order valence-corrected chi connectivity index (χ0v) is 20.6. The Morgan fingerprint density at radius 3 is 2.13 bits per heavy atom. The molecule has 1 aliphatic rings. The number of rotatable bonds is 4. The lowest BCUT2D eigenvalue weighted by molar-refractivity contribution is -0.120. The number of aryl methyl sites for hydroxylation is 3. The number of amides is 1. The largest absolute Gasteiger partial charge is 0.316 e. The lowest BCUT2D eigenvalue weighted by Crippen LogP contribution is -2.41. The van der Waals surface area contributed by atoms with Gasteiger partial charge < -0.3 is 5.32 Å². The maximum Gasteiger partial charge on any atom is 0.243 e. The maximum absolute atomic E-state index is 13.4. The zero-order chi connectivity index (χ0) is 23.1. The topological polar surface area (TPSA) is 90.3 Å². The van der Waals surface area contributed by atoms with E-state index in [9.17, 15) is 18.5 Å². The smallest absolute Gasteiger partial charge is 0.243 e. The molecule has 0 atom stereocenters. The molecule has 6 nitrogen and oxygen atoms in total. The molecule has 0 saturated carbocycles. The number of nitrogens with zero attached hydrogens (tertiary/aromatic N) is 2. The summed E-state index contributed by atoms with van der Waals surface area (Å²) in [5, 5.41) is 12.9. The number of hydrogen-bond acceptors (Lipinski definition) is 5. The summed E-state index contributed by atoms with van der Waals surface area (Å²) >= 11 is 1.41. The summed E-state index contributed by atoms with van der Waals surface area (Å²) < 4.78 is 28.3. The number of thiophene rings is 1. The van der Waals surface area contributed by atoms with Gasteiger partial charge in [0.15, 0.2) is 0 Å². The molecule has 0 radical (unpaired) electrons. The van der Waals surface area contributed by atoms with Gasteiger partial charge in [0.05, 0.1) is 10.5 Å².